The molecular weight excluding hydrogens is 290 g/mol. The number of esters is 1. The lowest BCUT2D eigenvalue weighted by Gasteiger charge is -2.25. The molecule has 0 aliphatic rings. The molecule has 1 aromatic rings. The fourth-order valence-corrected chi connectivity index (χ4v) is 2.13. The molecule has 116 valence electrons. The molecule has 0 saturated carbocycles. The van der Waals surface area contributed by atoms with E-state index in [1.807, 2.05) is 0 Å². The molecule has 0 N–H and O–H groups in total. The number of nitrogens with zero attached hydrogens (tertiary/aromatic N) is 1. The number of hydrogen-bond acceptors (Lipinski definition) is 3. The molecule has 4 nitrogen and oxygen atoms in total. The van der Waals surface area contributed by atoms with Crippen molar-refractivity contribution in [2.24, 2.45) is 5.92 Å². The zero-order valence-electron chi connectivity index (χ0n) is 12.8. The number of rotatable bonds is 7. The fraction of sp³-hybridized carbons (Fsp3) is 0.500. The van der Waals surface area contributed by atoms with Gasteiger partial charge in [0.15, 0.2) is 0 Å². The van der Waals surface area contributed by atoms with E-state index in [0.717, 1.165) is 12.8 Å². The summed E-state index contributed by atoms with van der Waals surface area (Å²) in [5.41, 5.74) is 0.576. The average molecular weight is 312 g/mol. The molecule has 0 aliphatic heterocycles. The van der Waals surface area contributed by atoms with E-state index in [4.69, 9.17) is 16.3 Å². The van der Waals surface area contributed by atoms with Gasteiger partial charge in [-0.3, -0.25) is 9.59 Å². The molecule has 0 aromatic heterocycles. The van der Waals surface area contributed by atoms with Gasteiger partial charge in [0.1, 0.15) is 0 Å². The molecule has 21 heavy (non-hydrogen) atoms. The minimum atomic E-state index is -0.344. The van der Waals surface area contributed by atoms with Crippen molar-refractivity contribution in [3.63, 3.8) is 0 Å². The Labute approximate surface area is 131 Å². The van der Waals surface area contributed by atoms with E-state index in [0.29, 0.717) is 23.7 Å². The Morgan fingerprint density at radius 2 is 1.90 bits per heavy atom. The lowest BCUT2D eigenvalue weighted by Crippen LogP contribution is -2.38. The topological polar surface area (TPSA) is 46.6 Å². The van der Waals surface area contributed by atoms with Crippen molar-refractivity contribution in [1.82, 2.24) is 4.90 Å². The second-order valence-electron chi connectivity index (χ2n) is 5.04. The lowest BCUT2D eigenvalue weighted by atomic mass is 10.1. The third-order valence-electron chi connectivity index (χ3n) is 3.26. The van der Waals surface area contributed by atoms with Gasteiger partial charge in [0.05, 0.1) is 13.0 Å². The van der Waals surface area contributed by atoms with Crippen molar-refractivity contribution in [2.75, 3.05) is 20.2 Å². The molecule has 5 heteroatoms. The fourth-order valence-electron chi connectivity index (χ4n) is 2.01. The predicted octanol–water partition coefficient (Wildman–Crippen LogP) is 3.39. The van der Waals surface area contributed by atoms with Crippen LogP contribution in [0.15, 0.2) is 24.3 Å². The molecule has 1 rings (SSSR count). The highest BCUT2D eigenvalue weighted by atomic mass is 35.5. The standard InChI is InChI=1S/C16H22ClNO3/c1-4-5-10-18(11-12(2)16(20)21-3)15(19)13-6-8-14(17)9-7-13/h6-9,12H,4-5,10-11H2,1-3H3. The molecule has 0 radical (unpaired) electrons. The van der Waals surface area contributed by atoms with Crippen LogP contribution in [0.4, 0.5) is 0 Å². The van der Waals surface area contributed by atoms with Crippen molar-refractivity contribution in [1.29, 1.82) is 0 Å². The zero-order valence-corrected chi connectivity index (χ0v) is 13.5. The van der Waals surface area contributed by atoms with Gasteiger partial charge in [0, 0.05) is 23.7 Å². The maximum absolute atomic E-state index is 12.5. The van der Waals surface area contributed by atoms with Crippen LogP contribution in [-0.4, -0.2) is 37.0 Å². The van der Waals surface area contributed by atoms with Gasteiger partial charge in [-0.2, -0.15) is 0 Å². The number of ether oxygens (including phenoxy) is 1. The van der Waals surface area contributed by atoms with Crippen LogP contribution in [0.3, 0.4) is 0 Å². The Balaban J connectivity index is 2.82. The van der Waals surface area contributed by atoms with Crippen LogP contribution in [0, 0.1) is 5.92 Å². The Morgan fingerprint density at radius 3 is 2.43 bits per heavy atom. The third-order valence-corrected chi connectivity index (χ3v) is 3.51. The first kappa shape index (κ1) is 17.5. The van der Waals surface area contributed by atoms with Crippen LogP contribution < -0.4 is 0 Å². The highest BCUT2D eigenvalue weighted by Crippen LogP contribution is 2.14. The average Bonchev–Trinajstić information content (AvgIpc) is 2.50. The van der Waals surface area contributed by atoms with Gasteiger partial charge in [-0.15, -0.1) is 0 Å². The van der Waals surface area contributed by atoms with Gasteiger partial charge in [-0.25, -0.2) is 0 Å². The smallest absolute Gasteiger partial charge is 0.310 e. The Kier molecular flexibility index (Phi) is 7.23. The Hall–Kier alpha value is -1.55. The molecule has 0 heterocycles. The summed E-state index contributed by atoms with van der Waals surface area (Å²) in [5.74, 6) is -0.737. The molecule has 1 unspecified atom stereocenters. The summed E-state index contributed by atoms with van der Waals surface area (Å²) in [6.07, 6.45) is 1.88. The number of halogens is 1. The SMILES string of the molecule is CCCCN(CC(C)C(=O)OC)C(=O)c1ccc(Cl)cc1. The Bertz CT molecular complexity index is 473. The second kappa shape index (κ2) is 8.67. The van der Waals surface area contributed by atoms with E-state index >= 15 is 0 Å². The zero-order chi connectivity index (χ0) is 15.8. The van der Waals surface area contributed by atoms with Crippen molar-refractivity contribution in [2.45, 2.75) is 26.7 Å². The molecule has 0 bridgehead atoms. The summed E-state index contributed by atoms with van der Waals surface area (Å²) in [5, 5.41) is 0.592. The second-order valence-corrected chi connectivity index (χ2v) is 5.47. The van der Waals surface area contributed by atoms with Crippen molar-refractivity contribution in [3.8, 4) is 0 Å². The highest BCUT2D eigenvalue weighted by Gasteiger charge is 2.22. The van der Waals surface area contributed by atoms with E-state index in [9.17, 15) is 9.59 Å². The van der Waals surface area contributed by atoms with Gasteiger partial charge in [-0.1, -0.05) is 31.9 Å². The van der Waals surface area contributed by atoms with E-state index < -0.39 is 0 Å². The van der Waals surface area contributed by atoms with E-state index in [1.165, 1.54) is 7.11 Å². The van der Waals surface area contributed by atoms with Gasteiger partial charge in [0.2, 0.25) is 0 Å². The van der Waals surface area contributed by atoms with Crippen LogP contribution in [0.25, 0.3) is 0 Å². The number of unbranched alkanes of at least 4 members (excludes halogenated alkanes) is 1. The number of hydrogen-bond donors (Lipinski definition) is 0. The van der Waals surface area contributed by atoms with E-state index in [2.05, 4.69) is 6.92 Å². The Morgan fingerprint density at radius 1 is 1.29 bits per heavy atom. The summed E-state index contributed by atoms with van der Waals surface area (Å²) < 4.78 is 4.72. The highest BCUT2D eigenvalue weighted by molar-refractivity contribution is 6.30. The van der Waals surface area contributed by atoms with Crippen LogP contribution in [-0.2, 0) is 9.53 Å². The van der Waals surface area contributed by atoms with Crippen LogP contribution in [0.5, 0.6) is 0 Å². The number of amides is 1. The first-order chi connectivity index (χ1) is 9.99. The number of carbonyl (C=O) groups is 2. The maximum atomic E-state index is 12.5. The maximum Gasteiger partial charge on any atom is 0.310 e. The molecule has 0 fully saturated rings. The summed E-state index contributed by atoms with van der Waals surface area (Å²) in [4.78, 5) is 25.8. The molecule has 0 spiro atoms. The minimum absolute atomic E-state index is 0.0872. The summed E-state index contributed by atoms with van der Waals surface area (Å²) in [6.45, 7) is 4.81. The number of benzene rings is 1. The monoisotopic (exact) mass is 311 g/mol. The van der Waals surface area contributed by atoms with Crippen LogP contribution in [0.1, 0.15) is 37.0 Å². The summed E-state index contributed by atoms with van der Waals surface area (Å²) in [6, 6.07) is 6.78. The van der Waals surface area contributed by atoms with Crippen LogP contribution in [0.2, 0.25) is 5.02 Å². The van der Waals surface area contributed by atoms with Crippen molar-refractivity contribution < 1.29 is 14.3 Å². The van der Waals surface area contributed by atoms with Crippen molar-refractivity contribution in [3.05, 3.63) is 34.9 Å². The lowest BCUT2D eigenvalue weighted by molar-refractivity contribution is -0.145. The van der Waals surface area contributed by atoms with E-state index in [-0.39, 0.29) is 17.8 Å². The summed E-state index contributed by atoms with van der Waals surface area (Å²) in [7, 11) is 1.36. The summed E-state index contributed by atoms with van der Waals surface area (Å²) >= 11 is 5.84. The molecule has 0 saturated heterocycles. The predicted molar refractivity (Wildman–Crippen MR) is 83.4 cm³/mol. The molecule has 1 atom stereocenters. The number of carbonyl (C=O) groups excluding carboxylic acids is 2. The van der Waals surface area contributed by atoms with Crippen molar-refractivity contribution >= 4 is 23.5 Å². The molecule has 1 aromatic carbocycles. The largest absolute Gasteiger partial charge is 0.469 e. The van der Waals surface area contributed by atoms with Gasteiger partial charge >= 0.3 is 5.97 Å². The quantitative estimate of drug-likeness (QED) is 0.725. The van der Waals surface area contributed by atoms with Gasteiger partial charge in [-0.05, 0) is 30.7 Å². The first-order valence-electron chi connectivity index (χ1n) is 7.12. The normalized spacial score (nSPS) is 11.8. The molecule has 1 amide bonds. The number of methoxy groups -OCH3 is 1. The first-order valence-corrected chi connectivity index (χ1v) is 7.50. The van der Waals surface area contributed by atoms with Crippen LogP contribution >= 0.6 is 11.6 Å². The van der Waals surface area contributed by atoms with Gasteiger partial charge in [0.25, 0.3) is 5.91 Å². The molecular formula is C16H22ClNO3. The van der Waals surface area contributed by atoms with E-state index in [1.54, 1.807) is 36.1 Å². The minimum Gasteiger partial charge on any atom is -0.469 e. The molecule has 0 aliphatic carbocycles. The van der Waals surface area contributed by atoms with Gasteiger partial charge < -0.3 is 9.64 Å². The third kappa shape index (κ3) is 5.38.